The second-order valence-corrected chi connectivity index (χ2v) is 8.54. The lowest BCUT2D eigenvalue weighted by Crippen LogP contribution is -2.41. The van der Waals surface area contributed by atoms with Gasteiger partial charge in [0.25, 0.3) is 0 Å². The van der Waals surface area contributed by atoms with Gasteiger partial charge in [-0.1, -0.05) is 128 Å². The molecule has 3 heteroatoms. The van der Waals surface area contributed by atoms with Gasteiger partial charge in [0.2, 0.25) is 0 Å². The minimum atomic E-state index is -1.08. The topological polar surface area (TPSA) is 23.5 Å². The fourth-order valence-corrected chi connectivity index (χ4v) is 4.51. The molecule has 0 saturated carbocycles. The van der Waals surface area contributed by atoms with Crippen molar-refractivity contribution in [2.45, 2.75) is 25.6 Å². The van der Waals surface area contributed by atoms with E-state index in [0.717, 1.165) is 30.8 Å². The molecule has 1 unspecified atom stereocenters. The van der Waals surface area contributed by atoms with Crippen molar-refractivity contribution < 1.29 is 5.11 Å². The highest BCUT2D eigenvalue weighted by Crippen LogP contribution is 2.37. The normalized spacial score (nSPS) is 12.2. The van der Waals surface area contributed by atoms with Crippen molar-refractivity contribution in [3.63, 3.8) is 0 Å². The molecule has 170 valence electrons. The summed E-state index contributed by atoms with van der Waals surface area (Å²) in [6.45, 7) is 4.58. The van der Waals surface area contributed by atoms with E-state index >= 15 is 0 Å². The van der Waals surface area contributed by atoms with Crippen molar-refractivity contribution in [3.8, 4) is 0 Å². The molecule has 2 nitrogen and oxygen atoms in total. The van der Waals surface area contributed by atoms with Crippen molar-refractivity contribution in [1.29, 1.82) is 0 Å². The zero-order chi connectivity index (χ0) is 22.2. The lowest BCUT2D eigenvalue weighted by Gasteiger charge is -2.38. The number of benzene rings is 4. The summed E-state index contributed by atoms with van der Waals surface area (Å²) in [7, 11) is 0. The van der Waals surface area contributed by atoms with E-state index in [1.165, 1.54) is 11.1 Å². The average molecular weight is 458 g/mol. The van der Waals surface area contributed by atoms with Gasteiger partial charge in [-0.3, -0.25) is 4.90 Å². The molecule has 4 aromatic rings. The van der Waals surface area contributed by atoms with Crippen LogP contribution in [-0.2, 0) is 18.7 Å². The standard InChI is InChI=1S/C30H31NO.ClH/c1-25(30(32,28-18-10-4-11-19-28)29-20-12-5-13-21-29)22-31(23-26-14-6-2-7-15-26)24-27-16-8-3-9-17-27;/h2-21,25,32H,22-24H2,1H3;1H. The van der Waals surface area contributed by atoms with Crippen molar-refractivity contribution in [2.24, 2.45) is 5.92 Å². The zero-order valence-corrected chi connectivity index (χ0v) is 19.9. The van der Waals surface area contributed by atoms with Gasteiger partial charge in [0.05, 0.1) is 0 Å². The number of nitrogens with zero attached hydrogens (tertiary/aromatic N) is 1. The Hall–Kier alpha value is -2.91. The number of hydrogen-bond donors (Lipinski definition) is 1. The van der Waals surface area contributed by atoms with Crippen LogP contribution in [0.5, 0.6) is 0 Å². The average Bonchev–Trinajstić information content (AvgIpc) is 2.86. The highest BCUT2D eigenvalue weighted by atomic mass is 35.5. The SMILES string of the molecule is CC(CN(Cc1ccccc1)Cc1ccccc1)C(O)(c1ccccc1)c1ccccc1.Cl. The van der Waals surface area contributed by atoms with Gasteiger partial charge in [-0.15, -0.1) is 12.4 Å². The summed E-state index contributed by atoms with van der Waals surface area (Å²) in [5.41, 5.74) is 3.34. The van der Waals surface area contributed by atoms with E-state index < -0.39 is 5.60 Å². The van der Waals surface area contributed by atoms with Gasteiger partial charge in [0.15, 0.2) is 0 Å². The Morgan fingerprint density at radius 3 is 1.30 bits per heavy atom. The molecular formula is C30H32ClNO. The number of rotatable bonds is 9. The Labute approximate surface area is 203 Å². The summed E-state index contributed by atoms with van der Waals surface area (Å²) in [4.78, 5) is 2.44. The van der Waals surface area contributed by atoms with Crippen LogP contribution in [0.4, 0.5) is 0 Å². The van der Waals surface area contributed by atoms with E-state index in [2.05, 4.69) is 72.5 Å². The molecule has 1 atom stereocenters. The van der Waals surface area contributed by atoms with E-state index in [1.807, 2.05) is 60.7 Å². The van der Waals surface area contributed by atoms with Gasteiger partial charge in [-0.25, -0.2) is 0 Å². The van der Waals surface area contributed by atoms with E-state index in [-0.39, 0.29) is 18.3 Å². The molecule has 0 aliphatic carbocycles. The van der Waals surface area contributed by atoms with Gasteiger partial charge in [-0.05, 0) is 22.3 Å². The van der Waals surface area contributed by atoms with Gasteiger partial charge in [0.1, 0.15) is 5.60 Å². The van der Waals surface area contributed by atoms with Crippen LogP contribution >= 0.6 is 12.4 Å². The molecule has 0 aliphatic rings. The first kappa shape index (κ1) is 24.7. The molecule has 0 saturated heterocycles. The van der Waals surface area contributed by atoms with E-state index in [4.69, 9.17) is 0 Å². The Bertz CT molecular complexity index is 990. The molecule has 0 fully saturated rings. The Balaban J connectivity index is 0.00000306. The van der Waals surface area contributed by atoms with Crippen LogP contribution in [0.1, 0.15) is 29.2 Å². The second kappa shape index (κ2) is 11.8. The van der Waals surface area contributed by atoms with Crippen LogP contribution < -0.4 is 0 Å². The molecule has 33 heavy (non-hydrogen) atoms. The second-order valence-electron chi connectivity index (χ2n) is 8.54. The molecule has 0 heterocycles. The third-order valence-electron chi connectivity index (χ3n) is 6.17. The van der Waals surface area contributed by atoms with Crippen molar-refractivity contribution >= 4 is 12.4 Å². The molecule has 0 bridgehead atoms. The highest BCUT2D eigenvalue weighted by Gasteiger charge is 2.38. The van der Waals surface area contributed by atoms with Gasteiger partial charge >= 0.3 is 0 Å². The molecule has 0 aromatic heterocycles. The first-order valence-corrected chi connectivity index (χ1v) is 11.3. The summed E-state index contributed by atoms with van der Waals surface area (Å²) < 4.78 is 0. The van der Waals surface area contributed by atoms with Crippen LogP contribution in [0.15, 0.2) is 121 Å². The predicted molar refractivity (Wildman–Crippen MR) is 139 cm³/mol. The predicted octanol–water partition coefficient (Wildman–Crippen LogP) is 6.68. The summed E-state index contributed by atoms with van der Waals surface area (Å²) in [6.07, 6.45) is 0. The van der Waals surface area contributed by atoms with E-state index in [1.54, 1.807) is 0 Å². The fourth-order valence-electron chi connectivity index (χ4n) is 4.51. The molecule has 0 spiro atoms. The molecule has 0 amide bonds. The molecular weight excluding hydrogens is 426 g/mol. The van der Waals surface area contributed by atoms with Crippen LogP contribution in [0.25, 0.3) is 0 Å². The summed E-state index contributed by atoms with van der Waals surface area (Å²) in [5, 5.41) is 12.2. The maximum Gasteiger partial charge on any atom is 0.118 e. The lowest BCUT2D eigenvalue weighted by molar-refractivity contribution is 0.00483. The molecule has 1 N–H and O–H groups in total. The fraction of sp³-hybridized carbons (Fsp3) is 0.200. The summed E-state index contributed by atoms with van der Waals surface area (Å²) >= 11 is 0. The first-order valence-electron chi connectivity index (χ1n) is 11.3. The smallest absolute Gasteiger partial charge is 0.118 e. The summed E-state index contributed by atoms with van der Waals surface area (Å²) in [5.74, 6) is -0.0280. The molecule has 4 aromatic carbocycles. The molecule has 4 rings (SSSR count). The maximum atomic E-state index is 12.2. The number of hydrogen-bond acceptors (Lipinski definition) is 2. The van der Waals surface area contributed by atoms with Gasteiger partial charge < -0.3 is 5.11 Å². The Morgan fingerprint density at radius 1 is 0.606 bits per heavy atom. The van der Waals surface area contributed by atoms with Gasteiger partial charge in [-0.2, -0.15) is 0 Å². The van der Waals surface area contributed by atoms with Crippen LogP contribution in [0, 0.1) is 5.92 Å². The first-order chi connectivity index (χ1) is 15.7. The Kier molecular flexibility index (Phi) is 8.85. The van der Waals surface area contributed by atoms with Crippen molar-refractivity contribution in [2.75, 3.05) is 6.54 Å². The maximum absolute atomic E-state index is 12.2. The number of halogens is 1. The Morgan fingerprint density at radius 2 is 0.939 bits per heavy atom. The van der Waals surface area contributed by atoms with Crippen molar-refractivity contribution in [3.05, 3.63) is 144 Å². The van der Waals surface area contributed by atoms with Crippen LogP contribution in [0.2, 0.25) is 0 Å². The number of aliphatic hydroxyl groups is 1. The third-order valence-corrected chi connectivity index (χ3v) is 6.17. The molecule has 0 radical (unpaired) electrons. The minimum Gasteiger partial charge on any atom is -0.380 e. The van der Waals surface area contributed by atoms with Crippen molar-refractivity contribution in [1.82, 2.24) is 4.90 Å². The largest absolute Gasteiger partial charge is 0.380 e. The monoisotopic (exact) mass is 457 g/mol. The molecule has 0 aliphatic heterocycles. The van der Waals surface area contributed by atoms with Gasteiger partial charge in [0, 0.05) is 25.6 Å². The lowest BCUT2D eigenvalue weighted by atomic mass is 9.76. The van der Waals surface area contributed by atoms with E-state index in [0.29, 0.717) is 0 Å². The van der Waals surface area contributed by atoms with Crippen LogP contribution in [0.3, 0.4) is 0 Å². The zero-order valence-electron chi connectivity index (χ0n) is 19.0. The van der Waals surface area contributed by atoms with E-state index in [9.17, 15) is 5.11 Å². The highest BCUT2D eigenvalue weighted by molar-refractivity contribution is 5.85. The minimum absolute atomic E-state index is 0. The van der Waals surface area contributed by atoms with Crippen LogP contribution in [-0.4, -0.2) is 16.6 Å². The quantitative estimate of drug-likeness (QED) is 0.303. The summed E-state index contributed by atoms with van der Waals surface area (Å²) in [6, 6.07) is 41.3. The third kappa shape index (κ3) is 6.11.